The number of carbonyl (C=O) groups is 1. The smallest absolute Gasteiger partial charge is 0.251 e. The molecule has 2 rings (SSSR count). The third-order valence-electron chi connectivity index (χ3n) is 3.57. The second-order valence-electron chi connectivity index (χ2n) is 6.30. The number of pyridine rings is 1. The van der Waals surface area contributed by atoms with Gasteiger partial charge < -0.3 is 5.32 Å². The van der Waals surface area contributed by atoms with Crippen LogP contribution in [0.25, 0.3) is 0 Å². The molecule has 1 aromatic heterocycles. The molecule has 1 aromatic carbocycles. The quantitative estimate of drug-likeness (QED) is 0.928. The highest BCUT2D eigenvalue weighted by molar-refractivity contribution is 5.94. The van der Waals surface area contributed by atoms with Crippen molar-refractivity contribution >= 4 is 5.91 Å². The Balaban J connectivity index is 2.07. The van der Waals surface area contributed by atoms with Gasteiger partial charge in [-0.15, -0.1) is 0 Å². The standard InChI is InChI=1S/C18H22N2O/c1-13(20-17(21)15-9-11-19-12-10-15)14-5-7-16(8-6-14)18(2,3)4/h5-13H,1-4H3,(H,20,21)/t13-/m1/s1. The van der Waals surface area contributed by atoms with E-state index in [0.717, 1.165) is 5.56 Å². The summed E-state index contributed by atoms with van der Waals surface area (Å²) < 4.78 is 0. The minimum atomic E-state index is -0.0789. The summed E-state index contributed by atoms with van der Waals surface area (Å²) >= 11 is 0. The lowest BCUT2D eigenvalue weighted by Gasteiger charge is -2.20. The molecule has 110 valence electrons. The minimum Gasteiger partial charge on any atom is -0.346 e. The monoisotopic (exact) mass is 282 g/mol. The first-order valence-electron chi connectivity index (χ1n) is 7.19. The van der Waals surface area contributed by atoms with Crippen molar-refractivity contribution in [1.29, 1.82) is 0 Å². The van der Waals surface area contributed by atoms with Gasteiger partial charge in [-0.05, 0) is 35.6 Å². The summed E-state index contributed by atoms with van der Waals surface area (Å²) in [5, 5.41) is 3.00. The van der Waals surface area contributed by atoms with E-state index in [2.05, 4.69) is 55.3 Å². The van der Waals surface area contributed by atoms with Crippen LogP contribution in [0.5, 0.6) is 0 Å². The van der Waals surface area contributed by atoms with Crippen LogP contribution in [0.3, 0.4) is 0 Å². The first kappa shape index (κ1) is 15.2. The van der Waals surface area contributed by atoms with Gasteiger partial charge in [0, 0.05) is 18.0 Å². The van der Waals surface area contributed by atoms with Gasteiger partial charge in [0.25, 0.3) is 5.91 Å². The van der Waals surface area contributed by atoms with Crippen LogP contribution in [-0.2, 0) is 5.41 Å². The van der Waals surface area contributed by atoms with Gasteiger partial charge in [0.1, 0.15) is 0 Å². The first-order chi connectivity index (χ1) is 9.88. The van der Waals surface area contributed by atoms with Gasteiger partial charge in [0.05, 0.1) is 6.04 Å². The van der Waals surface area contributed by atoms with Gasteiger partial charge in [-0.2, -0.15) is 0 Å². The van der Waals surface area contributed by atoms with Crippen molar-refractivity contribution in [3.63, 3.8) is 0 Å². The Hall–Kier alpha value is -2.16. The van der Waals surface area contributed by atoms with Crippen molar-refractivity contribution in [2.75, 3.05) is 0 Å². The second-order valence-corrected chi connectivity index (χ2v) is 6.30. The van der Waals surface area contributed by atoms with Gasteiger partial charge >= 0.3 is 0 Å². The topological polar surface area (TPSA) is 42.0 Å². The predicted octanol–water partition coefficient (Wildman–Crippen LogP) is 3.87. The van der Waals surface area contributed by atoms with Crippen LogP contribution in [0.2, 0.25) is 0 Å². The third-order valence-corrected chi connectivity index (χ3v) is 3.57. The Morgan fingerprint density at radius 1 is 1.05 bits per heavy atom. The van der Waals surface area contributed by atoms with Crippen LogP contribution in [0, 0.1) is 0 Å². The number of carbonyl (C=O) groups excluding carboxylic acids is 1. The largest absolute Gasteiger partial charge is 0.346 e. The Morgan fingerprint density at radius 2 is 1.62 bits per heavy atom. The average molecular weight is 282 g/mol. The van der Waals surface area contributed by atoms with E-state index in [1.54, 1.807) is 24.5 Å². The molecule has 0 radical (unpaired) electrons. The molecule has 3 nitrogen and oxygen atoms in total. The Labute approximate surface area is 126 Å². The van der Waals surface area contributed by atoms with Crippen LogP contribution in [-0.4, -0.2) is 10.9 Å². The highest BCUT2D eigenvalue weighted by atomic mass is 16.1. The normalized spacial score (nSPS) is 12.8. The highest BCUT2D eigenvalue weighted by Gasteiger charge is 2.15. The van der Waals surface area contributed by atoms with Gasteiger partial charge in [0.2, 0.25) is 0 Å². The second kappa shape index (κ2) is 6.08. The zero-order chi connectivity index (χ0) is 15.5. The van der Waals surface area contributed by atoms with Gasteiger partial charge in [-0.1, -0.05) is 45.0 Å². The molecule has 0 unspecified atom stereocenters. The molecular weight excluding hydrogens is 260 g/mol. The molecule has 21 heavy (non-hydrogen) atoms. The van der Waals surface area contributed by atoms with Crippen molar-refractivity contribution in [2.24, 2.45) is 0 Å². The number of rotatable bonds is 3. The molecule has 0 saturated carbocycles. The van der Waals surface area contributed by atoms with E-state index < -0.39 is 0 Å². The van der Waals surface area contributed by atoms with Crippen molar-refractivity contribution in [3.05, 3.63) is 65.5 Å². The summed E-state index contributed by atoms with van der Waals surface area (Å²) in [6, 6.07) is 11.8. The molecule has 3 heteroatoms. The first-order valence-corrected chi connectivity index (χ1v) is 7.19. The summed E-state index contributed by atoms with van der Waals surface area (Å²) in [5.74, 6) is -0.0789. The number of benzene rings is 1. The fourth-order valence-corrected chi connectivity index (χ4v) is 2.14. The molecule has 2 aromatic rings. The third kappa shape index (κ3) is 3.91. The summed E-state index contributed by atoms with van der Waals surface area (Å²) in [6.07, 6.45) is 3.25. The summed E-state index contributed by atoms with van der Waals surface area (Å²) in [4.78, 5) is 16.0. The lowest BCUT2D eigenvalue weighted by Crippen LogP contribution is -2.26. The Bertz CT molecular complexity index is 597. The molecule has 1 N–H and O–H groups in total. The van der Waals surface area contributed by atoms with Crippen LogP contribution in [0.15, 0.2) is 48.8 Å². The fraction of sp³-hybridized carbons (Fsp3) is 0.333. The van der Waals surface area contributed by atoms with E-state index >= 15 is 0 Å². The Morgan fingerprint density at radius 3 is 2.14 bits per heavy atom. The zero-order valence-corrected chi connectivity index (χ0v) is 13.1. The van der Waals surface area contributed by atoms with Crippen molar-refractivity contribution in [3.8, 4) is 0 Å². The predicted molar refractivity (Wildman–Crippen MR) is 85.3 cm³/mol. The molecule has 0 aliphatic rings. The molecule has 0 aliphatic heterocycles. The maximum atomic E-state index is 12.1. The molecule has 0 bridgehead atoms. The summed E-state index contributed by atoms with van der Waals surface area (Å²) in [5.41, 5.74) is 3.16. The number of nitrogens with one attached hydrogen (secondary N) is 1. The fourth-order valence-electron chi connectivity index (χ4n) is 2.14. The number of hydrogen-bond acceptors (Lipinski definition) is 2. The van der Waals surface area contributed by atoms with E-state index in [9.17, 15) is 4.79 Å². The number of amides is 1. The summed E-state index contributed by atoms with van der Waals surface area (Å²) in [7, 11) is 0. The van der Waals surface area contributed by atoms with E-state index in [1.807, 2.05) is 6.92 Å². The van der Waals surface area contributed by atoms with E-state index in [4.69, 9.17) is 0 Å². The van der Waals surface area contributed by atoms with E-state index in [1.165, 1.54) is 5.56 Å². The molecule has 0 fully saturated rings. The van der Waals surface area contributed by atoms with Crippen LogP contribution in [0.1, 0.15) is 55.2 Å². The van der Waals surface area contributed by atoms with E-state index in [0.29, 0.717) is 5.56 Å². The number of hydrogen-bond donors (Lipinski definition) is 1. The molecule has 0 saturated heterocycles. The summed E-state index contributed by atoms with van der Waals surface area (Å²) in [6.45, 7) is 8.56. The SMILES string of the molecule is C[C@@H](NC(=O)c1ccncc1)c1ccc(C(C)(C)C)cc1. The minimum absolute atomic E-state index is 0.0281. The van der Waals surface area contributed by atoms with Gasteiger partial charge in [0.15, 0.2) is 0 Å². The maximum Gasteiger partial charge on any atom is 0.251 e. The average Bonchev–Trinajstić information content (AvgIpc) is 2.47. The Kier molecular flexibility index (Phi) is 4.41. The number of nitrogens with zero attached hydrogens (tertiary/aromatic N) is 1. The molecular formula is C18H22N2O. The van der Waals surface area contributed by atoms with Crippen molar-refractivity contribution < 1.29 is 4.79 Å². The lowest BCUT2D eigenvalue weighted by atomic mass is 9.86. The maximum absolute atomic E-state index is 12.1. The van der Waals surface area contributed by atoms with Gasteiger partial charge in [-0.25, -0.2) is 0 Å². The van der Waals surface area contributed by atoms with Crippen LogP contribution in [0.4, 0.5) is 0 Å². The van der Waals surface area contributed by atoms with E-state index in [-0.39, 0.29) is 17.4 Å². The zero-order valence-electron chi connectivity index (χ0n) is 13.1. The lowest BCUT2D eigenvalue weighted by molar-refractivity contribution is 0.0940. The molecule has 1 amide bonds. The van der Waals surface area contributed by atoms with Crippen LogP contribution >= 0.6 is 0 Å². The van der Waals surface area contributed by atoms with Crippen molar-refractivity contribution in [1.82, 2.24) is 10.3 Å². The van der Waals surface area contributed by atoms with Crippen molar-refractivity contribution in [2.45, 2.75) is 39.2 Å². The van der Waals surface area contributed by atoms with Gasteiger partial charge in [-0.3, -0.25) is 9.78 Å². The molecule has 1 atom stereocenters. The van der Waals surface area contributed by atoms with Crippen LogP contribution < -0.4 is 5.32 Å². The number of aromatic nitrogens is 1. The molecule has 0 aliphatic carbocycles. The molecule has 0 spiro atoms. The molecule has 1 heterocycles. The highest BCUT2D eigenvalue weighted by Crippen LogP contribution is 2.24.